The zero-order valence-electron chi connectivity index (χ0n) is 4.99. The Morgan fingerprint density at radius 3 is 2.17 bits per heavy atom. The van der Waals surface area contributed by atoms with E-state index in [-0.39, 0.29) is 42.6 Å². The second kappa shape index (κ2) is 5.96. The maximum Gasteiger partial charge on any atom is 1.00 e. The van der Waals surface area contributed by atoms with Crippen molar-refractivity contribution < 1.29 is 35.8 Å². The summed E-state index contributed by atoms with van der Waals surface area (Å²) in [6.45, 7) is 1.45. The number of ketones is 1. The molecule has 0 fully saturated rings. The summed E-state index contributed by atoms with van der Waals surface area (Å²) in [5.41, 5.74) is 0. The molecule has 1 nitrogen and oxygen atoms in total. The fraction of sp³-hybridized carbons (Fsp3) is 0.667. The predicted octanol–water partition coefficient (Wildman–Crippen LogP) is -2.07. The van der Waals surface area contributed by atoms with E-state index in [2.05, 4.69) is 0 Å². The van der Waals surface area contributed by atoms with E-state index in [9.17, 15) is 4.79 Å². The Labute approximate surface area is 65.8 Å². The maximum absolute atomic E-state index is 9.68. The van der Waals surface area contributed by atoms with Crippen LogP contribution in [0.15, 0.2) is 0 Å². The fourth-order valence-electron chi connectivity index (χ4n) is 0. The van der Waals surface area contributed by atoms with Crippen molar-refractivity contribution in [2.45, 2.75) is 6.92 Å². The van der Waals surface area contributed by atoms with E-state index < -0.39 is 0 Å². The molecule has 3 heteroatoms. The summed E-state index contributed by atoms with van der Waals surface area (Å²) in [6.07, 6.45) is 0. The Morgan fingerprint density at radius 1 is 2.00 bits per heavy atom. The van der Waals surface area contributed by atoms with Gasteiger partial charge in [-0.05, 0) is 6.92 Å². The van der Waals surface area contributed by atoms with Crippen LogP contribution >= 0.6 is 11.6 Å². The topological polar surface area (TPSA) is 17.1 Å². The minimum Gasteiger partial charge on any atom is -1.00 e. The third-order valence-electron chi connectivity index (χ3n) is 0.188. The van der Waals surface area contributed by atoms with Crippen molar-refractivity contribution in [3.05, 3.63) is 0 Å². The van der Waals surface area contributed by atoms with E-state index in [1.54, 1.807) is 0 Å². The number of Topliss-reactive ketones (excluding diaryl/α,β-unsaturated/α-hetero) is 1. The van der Waals surface area contributed by atoms with Crippen LogP contribution in [0.3, 0.4) is 0 Å². The van der Waals surface area contributed by atoms with Crippen LogP contribution in [0.2, 0.25) is 0 Å². The van der Waals surface area contributed by atoms with Gasteiger partial charge < -0.3 is 1.43 Å². The molecule has 0 bridgehead atoms. The maximum atomic E-state index is 9.68. The van der Waals surface area contributed by atoms with Crippen LogP contribution < -0.4 is 29.6 Å². The van der Waals surface area contributed by atoms with Gasteiger partial charge in [-0.25, -0.2) is 0 Å². The Hall–Kier alpha value is 0.960. The third-order valence-corrected chi connectivity index (χ3v) is 0.565. The van der Waals surface area contributed by atoms with E-state index in [0.717, 1.165) is 0 Å². The van der Waals surface area contributed by atoms with Crippen LogP contribution in [0.25, 0.3) is 0 Å². The standard InChI is InChI=1S/C3H5ClO.Na.H/c1-3(5)2-4;;/h2H2,1H3;;/q;+1;-1. The summed E-state index contributed by atoms with van der Waals surface area (Å²) >= 11 is 4.99. The molecule has 32 valence electrons. The van der Waals surface area contributed by atoms with Gasteiger partial charge in [0.2, 0.25) is 0 Å². The zero-order valence-corrected chi connectivity index (χ0v) is 6.75. The molecule has 0 atom stereocenters. The van der Waals surface area contributed by atoms with Gasteiger partial charge in [-0.15, -0.1) is 11.6 Å². The second-order valence-corrected chi connectivity index (χ2v) is 1.10. The Kier molecular flexibility index (Phi) is 9.98. The van der Waals surface area contributed by atoms with Crippen molar-refractivity contribution in [3.8, 4) is 0 Å². The molecule has 0 spiro atoms. The molecular weight excluding hydrogens is 110 g/mol. The summed E-state index contributed by atoms with van der Waals surface area (Å²) in [5.74, 6) is 0.159. The molecule has 0 aliphatic heterocycles. The first kappa shape index (κ1) is 10.0. The van der Waals surface area contributed by atoms with E-state index in [0.29, 0.717) is 0 Å². The molecule has 0 aliphatic rings. The normalized spacial score (nSPS) is 6.33. The monoisotopic (exact) mass is 116 g/mol. The summed E-state index contributed by atoms with van der Waals surface area (Å²) in [5, 5.41) is 0. The minimum atomic E-state index is 0. The van der Waals surface area contributed by atoms with E-state index >= 15 is 0 Å². The summed E-state index contributed by atoms with van der Waals surface area (Å²) in [6, 6.07) is 0. The van der Waals surface area contributed by atoms with Gasteiger partial charge in [0.1, 0.15) is 5.78 Å². The molecule has 0 aromatic heterocycles. The van der Waals surface area contributed by atoms with E-state index in [1.165, 1.54) is 6.92 Å². The number of halogens is 1. The summed E-state index contributed by atoms with van der Waals surface area (Å²) in [7, 11) is 0. The van der Waals surface area contributed by atoms with Crippen molar-refractivity contribution >= 4 is 17.4 Å². The molecule has 0 rings (SSSR count). The molecule has 0 aliphatic carbocycles. The van der Waals surface area contributed by atoms with E-state index in [4.69, 9.17) is 11.6 Å². The second-order valence-electron chi connectivity index (χ2n) is 0.836. The van der Waals surface area contributed by atoms with Crippen molar-refractivity contribution in [1.29, 1.82) is 0 Å². The first-order valence-corrected chi connectivity index (χ1v) is 1.86. The number of rotatable bonds is 1. The number of alkyl halides is 1. The average Bonchev–Trinajstić information content (AvgIpc) is 1.38. The number of carbonyl (C=O) groups excluding carboxylic acids is 1. The molecule has 0 aromatic carbocycles. The Morgan fingerprint density at radius 2 is 2.17 bits per heavy atom. The van der Waals surface area contributed by atoms with Crippen LogP contribution in [-0.4, -0.2) is 11.7 Å². The quantitative estimate of drug-likeness (QED) is 0.284. The van der Waals surface area contributed by atoms with Crippen LogP contribution in [0.4, 0.5) is 0 Å². The minimum absolute atomic E-state index is 0. The van der Waals surface area contributed by atoms with Crippen molar-refractivity contribution in [1.82, 2.24) is 0 Å². The fourth-order valence-corrected chi connectivity index (χ4v) is 0. The van der Waals surface area contributed by atoms with Crippen molar-refractivity contribution in [2.24, 2.45) is 0 Å². The predicted molar refractivity (Wildman–Crippen MR) is 22.5 cm³/mol. The molecule has 0 amide bonds. The molecule has 0 heterocycles. The van der Waals surface area contributed by atoms with Crippen LogP contribution in [0.5, 0.6) is 0 Å². The number of hydrogen-bond donors (Lipinski definition) is 0. The van der Waals surface area contributed by atoms with Crippen LogP contribution in [0.1, 0.15) is 8.35 Å². The van der Waals surface area contributed by atoms with Crippen molar-refractivity contribution in [2.75, 3.05) is 5.88 Å². The third kappa shape index (κ3) is 8.88. The molecule has 0 N–H and O–H groups in total. The number of carbonyl (C=O) groups is 1. The molecular formula is C3H6ClNaO. The molecule has 0 unspecified atom stereocenters. The largest absolute Gasteiger partial charge is 1.00 e. The summed E-state index contributed by atoms with van der Waals surface area (Å²) < 4.78 is 0. The van der Waals surface area contributed by atoms with Gasteiger partial charge in [0, 0.05) is 0 Å². The smallest absolute Gasteiger partial charge is 1.00 e. The van der Waals surface area contributed by atoms with Gasteiger partial charge in [-0.3, -0.25) is 4.79 Å². The van der Waals surface area contributed by atoms with Crippen molar-refractivity contribution in [3.63, 3.8) is 0 Å². The molecule has 6 heavy (non-hydrogen) atoms. The Balaban J connectivity index is -0.0000000800. The molecule has 0 saturated heterocycles. The Bertz CT molecular complexity index is 50.2. The van der Waals surface area contributed by atoms with Gasteiger partial charge in [0.25, 0.3) is 0 Å². The van der Waals surface area contributed by atoms with Crippen LogP contribution in [0, 0.1) is 0 Å². The van der Waals surface area contributed by atoms with Crippen LogP contribution in [-0.2, 0) is 4.79 Å². The molecule has 0 saturated carbocycles. The average molecular weight is 117 g/mol. The van der Waals surface area contributed by atoms with Gasteiger partial charge in [0.15, 0.2) is 0 Å². The van der Waals surface area contributed by atoms with Gasteiger partial charge >= 0.3 is 29.6 Å². The first-order chi connectivity index (χ1) is 2.27. The zero-order chi connectivity index (χ0) is 4.28. The van der Waals surface area contributed by atoms with Gasteiger partial charge in [-0.2, -0.15) is 0 Å². The van der Waals surface area contributed by atoms with Gasteiger partial charge in [0.05, 0.1) is 5.88 Å². The molecule has 0 radical (unpaired) electrons. The first-order valence-electron chi connectivity index (χ1n) is 1.32. The van der Waals surface area contributed by atoms with E-state index in [1.807, 2.05) is 0 Å². The number of hydrogen-bond acceptors (Lipinski definition) is 1. The molecule has 0 aromatic rings. The SMILES string of the molecule is CC(=O)CCl.[H-].[Na+]. The summed E-state index contributed by atoms with van der Waals surface area (Å²) in [4.78, 5) is 9.68. The van der Waals surface area contributed by atoms with Gasteiger partial charge in [-0.1, -0.05) is 0 Å².